The molecule has 0 saturated heterocycles. The second-order valence-corrected chi connectivity index (χ2v) is 6.77. The fourth-order valence-corrected chi connectivity index (χ4v) is 3.89. The molecule has 0 radical (unpaired) electrons. The normalized spacial score (nSPS) is 15.3. The van der Waals surface area contributed by atoms with Crippen molar-refractivity contribution in [3.05, 3.63) is 59.2 Å². The van der Waals surface area contributed by atoms with Crippen molar-refractivity contribution in [2.45, 2.75) is 31.6 Å². The monoisotopic (exact) mass is 314 g/mol. The maximum atomic E-state index is 12.1. The van der Waals surface area contributed by atoms with Crippen LogP contribution >= 0.6 is 0 Å². The van der Waals surface area contributed by atoms with E-state index in [2.05, 4.69) is 35.7 Å². The molecule has 1 aliphatic rings. The van der Waals surface area contributed by atoms with Crippen LogP contribution in [0.25, 0.3) is 0 Å². The first kappa shape index (κ1) is 14.8. The van der Waals surface area contributed by atoms with Gasteiger partial charge < -0.3 is 5.32 Å². The molecule has 0 bridgehead atoms. The van der Waals surface area contributed by atoms with Gasteiger partial charge in [-0.1, -0.05) is 44.2 Å². The molecule has 1 N–H and O–H groups in total. The van der Waals surface area contributed by atoms with Crippen LogP contribution in [0, 0.1) is 0 Å². The summed E-state index contributed by atoms with van der Waals surface area (Å²) in [5.41, 5.74) is 3.92. The third-order valence-electron chi connectivity index (χ3n) is 3.87. The Morgan fingerprint density at radius 2 is 1.59 bits per heavy atom. The molecule has 114 valence electrons. The highest BCUT2D eigenvalue weighted by atomic mass is 32.2. The van der Waals surface area contributed by atoms with Crippen molar-refractivity contribution in [1.82, 2.24) is 0 Å². The molecule has 22 heavy (non-hydrogen) atoms. The Hall–Kier alpha value is -2.14. The Kier molecular flexibility index (Phi) is 3.74. The van der Waals surface area contributed by atoms with Crippen molar-refractivity contribution in [2.75, 3.05) is 5.32 Å². The zero-order valence-electron chi connectivity index (χ0n) is 12.6. The predicted molar refractivity (Wildman–Crippen MR) is 89.0 cm³/mol. The highest BCUT2D eigenvalue weighted by Gasteiger charge is 2.28. The van der Waals surface area contributed by atoms with Crippen LogP contribution in [0.15, 0.2) is 51.8 Å². The number of fused-ring (bicyclic) bond motifs is 1. The van der Waals surface area contributed by atoms with Gasteiger partial charge >= 0.3 is 0 Å². The van der Waals surface area contributed by atoms with Crippen molar-refractivity contribution in [2.24, 2.45) is 4.40 Å². The molecule has 4 nitrogen and oxygen atoms in total. The van der Waals surface area contributed by atoms with Crippen molar-refractivity contribution in [3.8, 4) is 0 Å². The number of nitrogens with one attached hydrogen (secondary N) is 1. The van der Waals surface area contributed by atoms with Crippen LogP contribution < -0.4 is 5.32 Å². The molecule has 0 saturated carbocycles. The van der Waals surface area contributed by atoms with Gasteiger partial charge in [0.2, 0.25) is 0 Å². The first-order valence-corrected chi connectivity index (χ1v) is 8.83. The summed E-state index contributed by atoms with van der Waals surface area (Å²) in [5.74, 6) is 0.409. The molecule has 3 rings (SSSR count). The molecular formula is C17H18N2O2S. The average molecular weight is 314 g/mol. The fraction of sp³-hybridized carbons (Fsp3) is 0.235. The van der Waals surface area contributed by atoms with E-state index in [1.165, 1.54) is 0 Å². The number of aryl methyl sites for hydroxylation is 2. The van der Waals surface area contributed by atoms with Gasteiger partial charge in [0.25, 0.3) is 10.0 Å². The summed E-state index contributed by atoms with van der Waals surface area (Å²) in [6.45, 7) is 4.17. The van der Waals surface area contributed by atoms with Gasteiger partial charge in [-0.15, -0.1) is 4.40 Å². The summed E-state index contributed by atoms with van der Waals surface area (Å²) >= 11 is 0. The third kappa shape index (κ3) is 2.41. The van der Waals surface area contributed by atoms with Gasteiger partial charge in [-0.05, 0) is 36.1 Å². The minimum atomic E-state index is -3.59. The van der Waals surface area contributed by atoms with E-state index in [9.17, 15) is 8.42 Å². The minimum absolute atomic E-state index is 0.268. The number of benzene rings is 2. The van der Waals surface area contributed by atoms with Gasteiger partial charge in [-0.25, -0.2) is 0 Å². The lowest BCUT2D eigenvalue weighted by atomic mass is 10.0. The smallest absolute Gasteiger partial charge is 0.285 e. The Morgan fingerprint density at radius 1 is 0.955 bits per heavy atom. The van der Waals surface area contributed by atoms with Gasteiger partial charge in [0, 0.05) is 11.3 Å². The Labute approximate surface area is 131 Å². The molecule has 0 aromatic heterocycles. The number of hydrogen-bond donors (Lipinski definition) is 1. The number of rotatable bonds is 3. The zero-order chi connectivity index (χ0) is 15.7. The van der Waals surface area contributed by atoms with Gasteiger partial charge in [-0.3, -0.25) is 0 Å². The van der Waals surface area contributed by atoms with Crippen LogP contribution in [-0.2, 0) is 22.9 Å². The number of para-hydroxylation sites is 1. The molecule has 5 heteroatoms. The van der Waals surface area contributed by atoms with Gasteiger partial charge in [-0.2, -0.15) is 8.42 Å². The van der Waals surface area contributed by atoms with E-state index >= 15 is 0 Å². The van der Waals surface area contributed by atoms with Gasteiger partial charge in [0.05, 0.1) is 0 Å². The maximum Gasteiger partial charge on any atom is 0.285 e. The minimum Gasteiger partial charge on any atom is -0.339 e. The van der Waals surface area contributed by atoms with Crippen LogP contribution in [-0.4, -0.2) is 14.3 Å². The second kappa shape index (κ2) is 5.57. The first-order valence-electron chi connectivity index (χ1n) is 7.39. The number of sulfonamides is 1. The molecule has 0 amide bonds. The lowest BCUT2D eigenvalue weighted by molar-refractivity contribution is 0.599. The lowest BCUT2D eigenvalue weighted by Gasteiger charge is -2.15. The molecule has 0 unspecified atom stereocenters. The molecule has 1 aliphatic heterocycles. The average Bonchev–Trinajstić information content (AvgIpc) is 2.79. The Bertz CT molecular complexity index is 832. The van der Waals surface area contributed by atoms with Crippen LogP contribution in [0.1, 0.15) is 30.5 Å². The molecule has 0 fully saturated rings. The number of amidine groups is 1. The summed E-state index contributed by atoms with van der Waals surface area (Å²) in [6, 6.07) is 13.1. The molecule has 2 aromatic rings. The molecule has 0 spiro atoms. The maximum absolute atomic E-state index is 12.1. The van der Waals surface area contributed by atoms with Gasteiger partial charge in [0.15, 0.2) is 5.84 Å². The first-order chi connectivity index (χ1) is 10.6. The third-order valence-corrected chi connectivity index (χ3v) is 5.21. The van der Waals surface area contributed by atoms with E-state index in [0.29, 0.717) is 11.4 Å². The number of hydrogen-bond acceptors (Lipinski definition) is 3. The zero-order valence-corrected chi connectivity index (χ0v) is 13.4. The summed E-state index contributed by atoms with van der Waals surface area (Å²) in [7, 11) is -3.59. The molecular weight excluding hydrogens is 296 g/mol. The van der Waals surface area contributed by atoms with E-state index in [1.54, 1.807) is 18.2 Å². The quantitative estimate of drug-likeness (QED) is 0.945. The molecule has 2 aromatic carbocycles. The topological polar surface area (TPSA) is 58.5 Å². The van der Waals surface area contributed by atoms with Crippen LogP contribution in [0.2, 0.25) is 0 Å². The van der Waals surface area contributed by atoms with Crippen LogP contribution in [0.5, 0.6) is 0 Å². The summed E-state index contributed by atoms with van der Waals surface area (Å²) in [6.07, 6.45) is 1.75. The highest BCUT2D eigenvalue weighted by molar-refractivity contribution is 7.90. The van der Waals surface area contributed by atoms with Crippen LogP contribution in [0.3, 0.4) is 0 Å². The van der Waals surface area contributed by atoms with Crippen molar-refractivity contribution in [3.63, 3.8) is 0 Å². The fourth-order valence-electron chi connectivity index (χ4n) is 2.72. The lowest BCUT2D eigenvalue weighted by Crippen LogP contribution is -2.14. The molecule has 1 heterocycles. The van der Waals surface area contributed by atoms with Crippen molar-refractivity contribution in [1.29, 1.82) is 0 Å². The summed E-state index contributed by atoms with van der Waals surface area (Å²) in [5, 5.41) is 3.26. The number of anilines is 1. The largest absolute Gasteiger partial charge is 0.339 e. The van der Waals surface area contributed by atoms with Crippen molar-refractivity contribution >= 4 is 21.5 Å². The second-order valence-electron chi connectivity index (χ2n) is 5.19. The standard InChI is InChI=1S/C17H18N2O2S/c1-3-12-8-7-9-13(4-2)16(12)18-17-14-10-5-6-11-15(14)22(20,21)19-17/h5-11H,3-4H2,1-2H3,(H,18,19). The summed E-state index contributed by atoms with van der Waals surface area (Å²) < 4.78 is 28.2. The predicted octanol–water partition coefficient (Wildman–Crippen LogP) is 3.37. The van der Waals surface area contributed by atoms with E-state index < -0.39 is 10.0 Å². The highest BCUT2D eigenvalue weighted by Crippen LogP contribution is 2.29. The Balaban J connectivity index is 2.09. The van der Waals surface area contributed by atoms with E-state index in [4.69, 9.17) is 0 Å². The molecule has 0 atom stereocenters. The SMILES string of the molecule is CCc1cccc(CC)c1NC1=NS(=O)(=O)c2ccccc21. The van der Waals surface area contributed by atoms with E-state index in [-0.39, 0.29) is 4.90 Å². The van der Waals surface area contributed by atoms with E-state index in [1.807, 2.05) is 12.1 Å². The van der Waals surface area contributed by atoms with Gasteiger partial charge in [0.1, 0.15) is 4.90 Å². The van der Waals surface area contributed by atoms with Crippen LogP contribution in [0.4, 0.5) is 5.69 Å². The Morgan fingerprint density at radius 3 is 2.23 bits per heavy atom. The van der Waals surface area contributed by atoms with E-state index in [0.717, 1.165) is 29.7 Å². The molecule has 0 aliphatic carbocycles. The summed E-state index contributed by atoms with van der Waals surface area (Å²) in [4.78, 5) is 0.268. The van der Waals surface area contributed by atoms with Crippen molar-refractivity contribution < 1.29 is 8.42 Å². The number of nitrogens with zero attached hydrogens (tertiary/aromatic N) is 1.